The number of nitrogens with one attached hydrogen (secondary N) is 1. The number of nitriles is 1. The lowest BCUT2D eigenvalue weighted by atomic mass is 9.76. The number of carbonyl (C=O) groups is 2. The van der Waals surface area contributed by atoms with Crippen LogP contribution in [0.15, 0.2) is 29.0 Å². The van der Waals surface area contributed by atoms with Crippen LogP contribution in [-0.2, 0) is 11.0 Å². The first-order valence-corrected chi connectivity index (χ1v) is 10.9. The number of aromatic nitrogens is 1. The fraction of sp³-hybridized carbons (Fsp3) is 0.478. The Morgan fingerprint density at radius 1 is 1.29 bits per heavy atom. The van der Waals surface area contributed by atoms with Crippen LogP contribution in [-0.4, -0.2) is 54.4 Å². The maximum Gasteiger partial charge on any atom is 0.417 e. The highest BCUT2D eigenvalue weighted by atomic mass is 19.4. The van der Waals surface area contributed by atoms with Crippen molar-refractivity contribution in [3.63, 3.8) is 0 Å². The molecule has 1 N–H and O–H groups in total. The lowest BCUT2D eigenvalue weighted by Crippen LogP contribution is -2.45. The zero-order valence-electron chi connectivity index (χ0n) is 18.8. The lowest BCUT2D eigenvalue weighted by Gasteiger charge is -2.40. The van der Waals surface area contributed by atoms with E-state index in [1.54, 1.807) is 13.0 Å². The van der Waals surface area contributed by atoms with Gasteiger partial charge in [0, 0.05) is 32.4 Å². The Labute approximate surface area is 194 Å². The topological polar surface area (TPSA) is 102 Å². The van der Waals surface area contributed by atoms with Crippen LogP contribution in [0.1, 0.15) is 46.6 Å². The highest BCUT2D eigenvalue weighted by molar-refractivity contribution is 5.96. The van der Waals surface area contributed by atoms with Gasteiger partial charge in [0.15, 0.2) is 6.39 Å². The predicted molar refractivity (Wildman–Crippen MR) is 115 cm³/mol. The molecule has 0 bridgehead atoms. The molecule has 2 saturated heterocycles. The number of likely N-dealkylation sites (N-methyl/N-ethyl adjacent to an activating group) is 1. The van der Waals surface area contributed by atoms with Crippen LogP contribution in [0.4, 0.5) is 18.9 Å². The molecule has 1 aromatic carbocycles. The average Bonchev–Trinajstić information content (AvgIpc) is 3.41. The molecule has 1 atom stereocenters. The molecule has 4 rings (SSSR count). The van der Waals surface area contributed by atoms with Crippen molar-refractivity contribution in [3.05, 3.63) is 47.2 Å². The number of likely N-dealkylation sites (tertiary alicyclic amines) is 1. The Bertz CT molecular complexity index is 1150. The van der Waals surface area contributed by atoms with E-state index in [-0.39, 0.29) is 17.1 Å². The monoisotopic (exact) mass is 475 g/mol. The van der Waals surface area contributed by atoms with Crippen molar-refractivity contribution in [1.82, 2.24) is 15.2 Å². The summed E-state index contributed by atoms with van der Waals surface area (Å²) in [6.45, 7) is 2.93. The maximum absolute atomic E-state index is 13.4. The molecule has 11 heteroatoms. The Balaban J connectivity index is 1.54. The number of alkyl halides is 3. The zero-order valence-corrected chi connectivity index (χ0v) is 18.8. The number of aryl methyl sites for hydroxylation is 1. The Morgan fingerprint density at radius 3 is 2.56 bits per heavy atom. The fourth-order valence-electron chi connectivity index (χ4n) is 4.97. The van der Waals surface area contributed by atoms with Crippen molar-refractivity contribution in [2.24, 2.45) is 5.41 Å². The van der Waals surface area contributed by atoms with Gasteiger partial charge in [-0.15, -0.1) is 0 Å². The standard InChI is InChI=1S/C23H24F3N5O3/c1-14-19(34-13-29-14)21(33)31-12-22(10-18(31)20(32)28-2)5-7-30(8-6-22)16-4-3-15(11-27)17(9-16)23(24,25)26/h3-4,9,13,18H,5-8,10,12H2,1-2H3,(H,28,32). The summed E-state index contributed by atoms with van der Waals surface area (Å²) in [5, 5.41) is 11.6. The highest BCUT2D eigenvalue weighted by Crippen LogP contribution is 2.45. The molecule has 2 fully saturated rings. The SMILES string of the molecule is CNC(=O)C1CC2(CCN(c3ccc(C#N)c(C(F)(F)F)c3)CC2)CN1C(=O)c1ocnc1C. The molecule has 2 aliphatic heterocycles. The minimum absolute atomic E-state index is 0.0978. The third kappa shape index (κ3) is 4.20. The number of anilines is 1. The molecule has 34 heavy (non-hydrogen) atoms. The lowest BCUT2D eigenvalue weighted by molar-refractivity contribution is -0.137. The molecular weight excluding hydrogens is 451 g/mol. The van der Waals surface area contributed by atoms with Gasteiger partial charge in [-0.3, -0.25) is 9.59 Å². The summed E-state index contributed by atoms with van der Waals surface area (Å²) in [6.07, 6.45) is -1.78. The van der Waals surface area contributed by atoms with Crippen molar-refractivity contribution in [2.75, 3.05) is 31.6 Å². The molecule has 0 saturated carbocycles. The van der Waals surface area contributed by atoms with Gasteiger partial charge in [0.25, 0.3) is 5.91 Å². The summed E-state index contributed by atoms with van der Waals surface area (Å²) in [6, 6.07) is 4.66. The van der Waals surface area contributed by atoms with E-state index in [4.69, 9.17) is 9.68 Å². The molecule has 2 aromatic rings. The normalized spacial score (nSPS) is 19.8. The molecule has 2 amide bonds. The van der Waals surface area contributed by atoms with Crippen LogP contribution in [0.3, 0.4) is 0 Å². The molecule has 1 aromatic heterocycles. The van der Waals surface area contributed by atoms with E-state index in [0.29, 0.717) is 50.3 Å². The molecule has 0 radical (unpaired) electrons. The number of nitrogens with zero attached hydrogens (tertiary/aromatic N) is 4. The molecule has 0 aliphatic carbocycles. The van der Waals surface area contributed by atoms with Gasteiger partial charge in [-0.05, 0) is 49.8 Å². The van der Waals surface area contributed by atoms with Gasteiger partial charge in [0.2, 0.25) is 11.7 Å². The van der Waals surface area contributed by atoms with E-state index in [9.17, 15) is 22.8 Å². The molecule has 180 valence electrons. The van der Waals surface area contributed by atoms with Crippen LogP contribution in [0.25, 0.3) is 0 Å². The minimum atomic E-state index is -4.62. The van der Waals surface area contributed by atoms with Crippen molar-refractivity contribution in [2.45, 2.75) is 38.4 Å². The second-order valence-corrected chi connectivity index (χ2v) is 8.86. The number of piperidine rings is 1. The summed E-state index contributed by atoms with van der Waals surface area (Å²) < 4.78 is 45.4. The minimum Gasteiger partial charge on any atom is -0.438 e. The number of carbonyl (C=O) groups excluding carboxylic acids is 2. The van der Waals surface area contributed by atoms with E-state index < -0.39 is 29.3 Å². The number of amides is 2. The van der Waals surface area contributed by atoms with Crippen LogP contribution >= 0.6 is 0 Å². The summed E-state index contributed by atoms with van der Waals surface area (Å²) in [4.78, 5) is 33.1. The quantitative estimate of drug-likeness (QED) is 0.732. The van der Waals surface area contributed by atoms with Crippen molar-refractivity contribution in [1.29, 1.82) is 5.26 Å². The van der Waals surface area contributed by atoms with Gasteiger partial charge in [0.1, 0.15) is 6.04 Å². The van der Waals surface area contributed by atoms with Gasteiger partial charge in [-0.25, -0.2) is 4.98 Å². The van der Waals surface area contributed by atoms with Gasteiger partial charge in [-0.1, -0.05) is 0 Å². The Kier molecular flexibility index (Phi) is 6.02. The van der Waals surface area contributed by atoms with Crippen LogP contribution in [0.2, 0.25) is 0 Å². The summed E-state index contributed by atoms with van der Waals surface area (Å²) in [7, 11) is 1.52. The second kappa shape index (κ2) is 8.66. The van der Waals surface area contributed by atoms with Crippen molar-refractivity contribution >= 4 is 17.5 Å². The summed E-state index contributed by atoms with van der Waals surface area (Å²) in [5.74, 6) is -0.572. The van der Waals surface area contributed by atoms with Crippen LogP contribution < -0.4 is 10.2 Å². The van der Waals surface area contributed by atoms with E-state index in [2.05, 4.69) is 10.3 Å². The molecular formula is C23H24F3N5O3. The maximum atomic E-state index is 13.4. The first-order valence-electron chi connectivity index (χ1n) is 10.9. The van der Waals surface area contributed by atoms with Gasteiger partial charge in [-0.2, -0.15) is 18.4 Å². The highest BCUT2D eigenvalue weighted by Gasteiger charge is 2.50. The zero-order chi connectivity index (χ0) is 24.7. The summed E-state index contributed by atoms with van der Waals surface area (Å²) >= 11 is 0. The van der Waals surface area contributed by atoms with E-state index in [0.717, 1.165) is 6.07 Å². The van der Waals surface area contributed by atoms with Gasteiger partial charge >= 0.3 is 6.18 Å². The smallest absolute Gasteiger partial charge is 0.417 e. The third-order valence-corrected chi connectivity index (χ3v) is 6.88. The van der Waals surface area contributed by atoms with Gasteiger partial charge < -0.3 is 19.5 Å². The first-order chi connectivity index (χ1) is 16.1. The third-order valence-electron chi connectivity index (χ3n) is 6.88. The fourth-order valence-corrected chi connectivity index (χ4v) is 4.97. The molecule has 3 heterocycles. The van der Waals surface area contributed by atoms with E-state index >= 15 is 0 Å². The number of oxazole rings is 1. The Hall–Kier alpha value is -3.55. The number of hydrogen-bond donors (Lipinski definition) is 1. The van der Waals surface area contributed by atoms with Crippen LogP contribution in [0.5, 0.6) is 0 Å². The molecule has 1 spiro atoms. The Morgan fingerprint density at radius 2 is 2.00 bits per heavy atom. The number of rotatable bonds is 3. The largest absolute Gasteiger partial charge is 0.438 e. The number of hydrogen-bond acceptors (Lipinski definition) is 6. The predicted octanol–water partition coefficient (Wildman–Crippen LogP) is 3.12. The number of benzene rings is 1. The summed E-state index contributed by atoms with van der Waals surface area (Å²) in [5.41, 5.74) is -0.861. The van der Waals surface area contributed by atoms with Crippen LogP contribution in [0, 0.1) is 23.7 Å². The van der Waals surface area contributed by atoms with E-state index in [1.807, 2.05) is 4.90 Å². The number of halogens is 3. The van der Waals surface area contributed by atoms with Crippen molar-refractivity contribution in [3.8, 4) is 6.07 Å². The van der Waals surface area contributed by atoms with E-state index in [1.165, 1.54) is 30.5 Å². The average molecular weight is 475 g/mol. The second-order valence-electron chi connectivity index (χ2n) is 8.86. The van der Waals surface area contributed by atoms with Gasteiger partial charge in [0.05, 0.1) is 22.9 Å². The molecule has 1 unspecified atom stereocenters. The molecule has 8 nitrogen and oxygen atoms in total. The van der Waals surface area contributed by atoms with Crippen molar-refractivity contribution < 1.29 is 27.2 Å². The first kappa shape index (κ1) is 23.6. The molecule has 2 aliphatic rings.